The van der Waals surface area contributed by atoms with Gasteiger partial charge in [-0.25, -0.2) is 0 Å². The lowest BCUT2D eigenvalue weighted by Crippen LogP contribution is -2.48. The predicted octanol–water partition coefficient (Wildman–Crippen LogP) is 1.94. The van der Waals surface area contributed by atoms with E-state index < -0.39 is 0 Å². The minimum absolute atomic E-state index is 0. The summed E-state index contributed by atoms with van der Waals surface area (Å²) in [6, 6.07) is 5.37. The molecule has 0 radical (unpaired) electrons. The van der Waals surface area contributed by atoms with Crippen molar-refractivity contribution in [2.75, 3.05) is 45.8 Å². The van der Waals surface area contributed by atoms with E-state index in [1.54, 1.807) is 26.4 Å². The van der Waals surface area contributed by atoms with Gasteiger partial charge in [-0.15, -0.1) is 12.4 Å². The second-order valence-corrected chi connectivity index (χ2v) is 5.40. The molecule has 1 aromatic rings. The molecular formula is C16H25ClN2O4. The van der Waals surface area contributed by atoms with Crippen molar-refractivity contribution < 1.29 is 19.0 Å². The van der Waals surface area contributed by atoms with Crippen molar-refractivity contribution >= 4 is 24.0 Å². The fourth-order valence-electron chi connectivity index (χ4n) is 2.24. The van der Waals surface area contributed by atoms with Gasteiger partial charge in [-0.1, -0.05) is 6.92 Å². The molecule has 1 atom stereocenters. The highest BCUT2D eigenvalue weighted by Crippen LogP contribution is 2.30. The number of carbonyl (C=O) groups is 1. The van der Waals surface area contributed by atoms with Crippen LogP contribution in [0.1, 0.15) is 6.92 Å². The average Bonchev–Trinajstić information content (AvgIpc) is 2.46. The van der Waals surface area contributed by atoms with Crippen molar-refractivity contribution in [1.82, 2.24) is 5.32 Å². The number of ether oxygens (including phenoxy) is 3. The standard InChI is InChI=1S/C16H24N2O4.ClH/c1-11(12-9-17-10-12)16(19)18-13-4-5-14(21-3)15(8-13)22-7-6-20-2;/h4-5,8,11-12,17H,6-7,9-10H2,1-3H3,(H,18,19);1H. The van der Waals surface area contributed by atoms with Crippen molar-refractivity contribution in [3.8, 4) is 11.5 Å². The minimum atomic E-state index is -0.0128. The molecule has 2 N–H and O–H groups in total. The second-order valence-electron chi connectivity index (χ2n) is 5.40. The molecule has 6 nitrogen and oxygen atoms in total. The third-order valence-electron chi connectivity index (χ3n) is 3.91. The molecule has 0 bridgehead atoms. The Bertz CT molecular complexity index is 509. The van der Waals surface area contributed by atoms with E-state index in [2.05, 4.69) is 10.6 Å². The van der Waals surface area contributed by atoms with Crippen molar-refractivity contribution in [2.45, 2.75) is 6.92 Å². The van der Waals surface area contributed by atoms with Crippen LogP contribution in [0.25, 0.3) is 0 Å². The van der Waals surface area contributed by atoms with Crippen LogP contribution in [-0.2, 0) is 9.53 Å². The number of rotatable bonds is 8. The lowest BCUT2D eigenvalue weighted by Gasteiger charge is -2.31. The maximum absolute atomic E-state index is 12.2. The van der Waals surface area contributed by atoms with Crippen LogP contribution in [0.5, 0.6) is 11.5 Å². The normalized spacial score (nSPS) is 15.1. The Morgan fingerprint density at radius 1 is 1.30 bits per heavy atom. The molecule has 0 aromatic heterocycles. The molecule has 1 aromatic carbocycles. The number of carbonyl (C=O) groups excluding carboxylic acids is 1. The van der Waals surface area contributed by atoms with Crippen LogP contribution < -0.4 is 20.1 Å². The Balaban J connectivity index is 0.00000264. The highest BCUT2D eigenvalue weighted by Gasteiger charge is 2.28. The van der Waals surface area contributed by atoms with E-state index in [4.69, 9.17) is 14.2 Å². The molecule has 1 unspecified atom stereocenters. The molecule has 1 saturated heterocycles. The first-order valence-corrected chi connectivity index (χ1v) is 7.47. The molecule has 1 aliphatic rings. The van der Waals surface area contributed by atoms with Crippen LogP contribution in [0.3, 0.4) is 0 Å². The summed E-state index contributed by atoms with van der Waals surface area (Å²) in [6.45, 7) is 4.69. The van der Waals surface area contributed by atoms with E-state index in [0.29, 0.717) is 36.3 Å². The topological polar surface area (TPSA) is 68.8 Å². The first-order valence-electron chi connectivity index (χ1n) is 7.47. The van der Waals surface area contributed by atoms with Gasteiger partial charge in [-0.2, -0.15) is 0 Å². The van der Waals surface area contributed by atoms with Gasteiger partial charge in [0.1, 0.15) is 6.61 Å². The zero-order valence-electron chi connectivity index (χ0n) is 13.8. The molecule has 130 valence electrons. The number of nitrogens with one attached hydrogen (secondary N) is 2. The fraction of sp³-hybridized carbons (Fsp3) is 0.562. The smallest absolute Gasteiger partial charge is 0.227 e. The van der Waals surface area contributed by atoms with Crippen LogP contribution in [0.15, 0.2) is 18.2 Å². The fourth-order valence-corrected chi connectivity index (χ4v) is 2.24. The van der Waals surface area contributed by atoms with E-state index in [0.717, 1.165) is 13.1 Å². The highest BCUT2D eigenvalue weighted by atomic mass is 35.5. The number of halogens is 1. The van der Waals surface area contributed by atoms with Crippen LogP contribution in [-0.4, -0.2) is 46.4 Å². The summed E-state index contributed by atoms with van der Waals surface area (Å²) in [7, 11) is 3.20. The average molecular weight is 345 g/mol. The number of hydrogen-bond acceptors (Lipinski definition) is 5. The lowest BCUT2D eigenvalue weighted by atomic mass is 9.88. The van der Waals surface area contributed by atoms with E-state index in [9.17, 15) is 4.79 Å². The molecule has 1 aliphatic heterocycles. The molecular weight excluding hydrogens is 320 g/mol. The molecule has 0 spiro atoms. The van der Waals surface area contributed by atoms with Crippen molar-refractivity contribution in [2.24, 2.45) is 11.8 Å². The zero-order chi connectivity index (χ0) is 15.9. The van der Waals surface area contributed by atoms with E-state index in [1.807, 2.05) is 13.0 Å². The zero-order valence-corrected chi connectivity index (χ0v) is 14.6. The SMILES string of the molecule is COCCOc1cc(NC(=O)C(C)C2CNC2)ccc1OC.Cl. The van der Waals surface area contributed by atoms with Gasteiger partial charge >= 0.3 is 0 Å². The van der Waals surface area contributed by atoms with Crippen LogP contribution in [0.2, 0.25) is 0 Å². The molecule has 7 heteroatoms. The second kappa shape index (κ2) is 9.60. The number of benzene rings is 1. The monoisotopic (exact) mass is 344 g/mol. The molecule has 1 amide bonds. The summed E-state index contributed by atoms with van der Waals surface area (Å²) in [4.78, 5) is 12.2. The predicted molar refractivity (Wildman–Crippen MR) is 91.8 cm³/mol. The summed E-state index contributed by atoms with van der Waals surface area (Å²) >= 11 is 0. The molecule has 1 fully saturated rings. The number of amides is 1. The molecule has 1 heterocycles. The van der Waals surface area contributed by atoms with Crippen molar-refractivity contribution in [3.63, 3.8) is 0 Å². The lowest BCUT2D eigenvalue weighted by molar-refractivity contribution is -0.121. The van der Waals surface area contributed by atoms with Gasteiger partial charge < -0.3 is 24.8 Å². The summed E-state index contributed by atoms with van der Waals surface area (Å²) in [5.41, 5.74) is 0.706. The van der Waals surface area contributed by atoms with Gasteiger partial charge in [-0.3, -0.25) is 4.79 Å². The maximum Gasteiger partial charge on any atom is 0.227 e. The number of hydrogen-bond donors (Lipinski definition) is 2. The van der Waals surface area contributed by atoms with E-state index >= 15 is 0 Å². The summed E-state index contributed by atoms with van der Waals surface area (Å²) < 4.78 is 15.8. The molecule has 0 aliphatic carbocycles. The molecule has 0 saturated carbocycles. The van der Waals surface area contributed by atoms with Gasteiger partial charge in [0.25, 0.3) is 0 Å². The number of methoxy groups -OCH3 is 2. The Morgan fingerprint density at radius 3 is 2.61 bits per heavy atom. The Morgan fingerprint density at radius 2 is 2.04 bits per heavy atom. The summed E-state index contributed by atoms with van der Waals surface area (Å²) in [5.74, 6) is 1.65. The van der Waals surface area contributed by atoms with Crippen LogP contribution in [0.4, 0.5) is 5.69 Å². The van der Waals surface area contributed by atoms with Gasteiger partial charge in [0.15, 0.2) is 11.5 Å². The van der Waals surface area contributed by atoms with Gasteiger partial charge in [0.05, 0.1) is 13.7 Å². The van der Waals surface area contributed by atoms with Crippen LogP contribution in [0, 0.1) is 11.8 Å². The van der Waals surface area contributed by atoms with Crippen molar-refractivity contribution in [1.29, 1.82) is 0 Å². The third kappa shape index (κ3) is 5.27. The molecule has 2 rings (SSSR count). The van der Waals surface area contributed by atoms with E-state index in [1.165, 1.54) is 0 Å². The highest BCUT2D eigenvalue weighted by molar-refractivity contribution is 5.93. The van der Waals surface area contributed by atoms with Crippen molar-refractivity contribution in [3.05, 3.63) is 18.2 Å². The minimum Gasteiger partial charge on any atom is -0.493 e. The maximum atomic E-state index is 12.2. The number of anilines is 1. The first kappa shape index (κ1) is 19.5. The quantitative estimate of drug-likeness (QED) is 0.705. The van der Waals surface area contributed by atoms with Crippen LogP contribution >= 0.6 is 12.4 Å². The Kier molecular flexibility index (Phi) is 8.16. The van der Waals surface area contributed by atoms with Gasteiger partial charge in [0, 0.05) is 24.8 Å². The Labute approximate surface area is 143 Å². The summed E-state index contributed by atoms with van der Waals surface area (Å²) in [6.07, 6.45) is 0. The Hall–Kier alpha value is -1.50. The van der Waals surface area contributed by atoms with Gasteiger partial charge in [-0.05, 0) is 31.1 Å². The van der Waals surface area contributed by atoms with Gasteiger partial charge in [0.2, 0.25) is 5.91 Å². The largest absolute Gasteiger partial charge is 0.493 e. The summed E-state index contributed by atoms with van der Waals surface area (Å²) in [5, 5.41) is 6.12. The molecule has 23 heavy (non-hydrogen) atoms. The third-order valence-corrected chi connectivity index (χ3v) is 3.91. The van der Waals surface area contributed by atoms with E-state index in [-0.39, 0.29) is 24.2 Å². The first-order chi connectivity index (χ1) is 10.7.